The second-order valence-electron chi connectivity index (χ2n) is 4.79. The van der Waals surface area contributed by atoms with Crippen LogP contribution in [0.1, 0.15) is 26.3 Å². The number of carbonyl (C=O) groups is 1. The molecule has 1 rings (SSSR count). The molecule has 0 spiro atoms. The molecule has 1 amide bonds. The number of anilines is 1. The Morgan fingerprint density at radius 1 is 1.28 bits per heavy atom. The molecule has 0 aromatic heterocycles. The minimum absolute atomic E-state index is 0.0685. The van der Waals surface area contributed by atoms with Crippen LogP contribution in [0.4, 0.5) is 5.69 Å². The molecule has 0 bridgehead atoms. The highest BCUT2D eigenvalue weighted by Gasteiger charge is 2.10. The summed E-state index contributed by atoms with van der Waals surface area (Å²) in [5.74, 6) is 0.328. The summed E-state index contributed by atoms with van der Waals surface area (Å²) in [5.41, 5.74) is 1.93. The molecular formula is C14H22N2O2. The molecule has 1 aromatic rings. The van der Waals surface area contributed by atoms with Crippen molar-refractivity contribution in [3.8, 4) is 0 Å². The van der Waals surface area contributed by atoms with Crippen LogP contribution in [0.15, 0.2) is 24.3 Å². The van der Waals surface area contributed by atoms with Gasteiger partial charge in [-0.3, -0.25) is 4.79 Å². The summed E-state index contributed by atoms with van der Waals surface area (Å²) in [5, 5.41) is 15.2. The van der Waals surface area contributed by atoms with E-state index >= 15 is 0 Å². The zero-order valence-corrected chi connectivity index (χ0v) is 11.2. The molecule has 100 valence electrons. The van der Waals surface area contributed by atoms with Gasteiger partial charge in [-0.05, 0) is 23.6 Å². The number of rotatable bonds is 6. The minimum Gasteiger partial charge on any atom is -0.395 e. The van der Waals surface area contributed by atoms with E-state index in [0.717, 1.165) is 11.3 Å². The van der Waals surface area contributed by atoms with Crippen molar-refractivity contribution < 1.29 is 9.90 Å². The van der Waals surface area contributed by atoms with E-state index in [1.165, 1.54) is 6.92 Å². The first-order chi connectivity index (χ1) is 8.52. The minimum atomic E-state index is -0.0685. The van der Waals surface area contributed by atoms with Gasteiger partial charge < -0.3 is 15.7 Å². The highest BCUT2D eigenvalue weighted by molar-refractivity contribution is 5.88. The fraction of sp³-hybridized carbons (Fsp3) is 0.500. The van der Waals surface area contributed by atoms with E-state index in [1.807, 2.05) is 24.3 Å². The third kappa shape index (κ3) is 4.85. The van der Waals surface area contributed by atoms with E-state index in [1.54, 1.807) is 0 Å². The largest absolute Gasteiger partial charge is 0.395 e. The van der Waals surface area contributed by atoms with Gasteiger partial charge in [-0.2, -0.15) is 0 Å². The van der Waals surface area contributed by atoms with Gasteiger partial charge in [-0.1, -0.05) is 26.0 Å². The Bertz CT molecular complexity index is 374. The zero-order valence-electron chi connectivity index (χ0n) is 11.2. The molecule has 18 heavy (non-hydrogen) atoms. The monoisotopic (exact) mass is 250 g/mol. The molecule has 1 atom stereocenters. The van der Waals surface area contributed by atoms with Gasteiger partial charge >= 0.3 is 0 Å². The Balaban J connectivity index is 2.50. The number of hydrogen-bond acceptors (Lipinski definition) is 3. The average molecular weight is 250 g/mol. The lowest BCUT2D eigenvalue weighted by atomic mass is 10.1. The molecule has 4 nitrogen and oxygen atoms in total. The summed E-state index contributed by atoms with van der Waals surface area (Å²) < 4.78 is 0. The Labute approximate surface area is 108 Å². The van der Waals surface area contributed by atoms with Crippen molar-refractivity contribution in [3.05, 3.63) is 29.8 Å². The number of carbonyl (C=O) groups excluding carboxylic acids is 1. The van der Waals surface area contributed by atoms with E-state index in [-0.39, 0.29) is 18.6 Å². The van der Waals surface area contributed by atoms with Gasteiger partial charge in [0.15, 0.2) is 0 Å². The summed E-state index contributed by atoms with van der Waals surface area (Å²) in [6.45, 7) is 6.50. The molecule has 0 saturated carbocycles. The van der Waals surface area contributed by atoms with Crippen molar-refractivity contribution in [1.29, 1.82) is 0 Å². The summed E-state index contributed by atoms with van der Waals surface area (Å²) in [7, 11) is 0. The van der Waals surface area contributed by atoms with Gasteiger partial charge in [-0.15, -0.1) is 0 Å². The van der Waals surface area contributed by atoms with E-state index < -0.39 is 0 Å². The summed E-state index contributed by atoms with van der Waals surface area (Å²) in [6, 6.07) is 7.80. The first-order valence-corrected chi connectivity index (χ1v) is 6.23. The van der Waals surface area contributed by atoms with Gasteiger partial charge in [-0.25, -0.2) is 0 Å². The molecule has 0 saturated heterocycles. The van der Waals surface area contributed by atoms with Crippen molar-refractivity contribution in [2.45, 2.75) is 33.4 Å². The maximum Gasteiger partial charge on any atom is 0.221 e. The molecule has 0 unspecified atom stereocenters. The predicted molar refractivity (Wildman–Crippen MR) is 73.3 cm³/mol. The maximum absolute atomic E-state index is 10.9. The number of nitrogens with one attached hydrogen (secondary N) is 2. The molecular weight excluding hydrogens is 228 g/mol. The standard InChI is InChI=1S/C14H22N2O2/c1-10(2)14(9-17)15-8-12-4-6-13(7-5-12)16-11(3)18/h4-7,10,14-15,17H,8-9H2,1-3H3,(H,16,18)/t14-/m1/s1. The first kappa shape index (κ1) is 14.7. The van der Waals surface area contributed by atoms with Crippen molar-refractivity contribution in [1.82, 2.24) is 5.32 Å². The highest BCUT2D eigenvalue weighted by atomic mass is 16.3. The molecule has 1 aromatic carbocycles. The third-order valence-electron chi connectivity index (χ3n) is 2.84. The third-order valence-corrected chi connectivity index (χ3v) is 2.84. The van der Waals surface area contributed by atoms with Gasteiger partial charge in [0.1, 0.15) is 0 Å². The summed E-state index contributed by atoms with van der Waals surface area (Å²) in [6.07, 6.45) is 0. The quantitative estimate of drug-likeness (QED) is 0.721. The lowest BCUT2D eigenvalue weighted by Gasteiger charge is -2.20. The fourth-order valence-corrected chi connectivity index (χ4v) is 1.67. The average Bonchev–Trinajstić information content (AvgIpc) is 2.31. The number of aliphatic hydroxyl groups excluding tert-OH is 1. The molecule has 0 aliphatic carbocycles. The normalized spacial score (nSPS) is 12.5. The van der Waals surface area contributed by atoms with Crippen LogP contribution < -0.4 is 10.6 Å². The lowest BCUT2D eigenvalue weighted by molar-refractivity contribution is -0.114. The molecule has 0 heterocycles. The van der Waals surface area contributed by atoms with Crippen molar-refractivity contribution in [3.63, 3.8) is 0 Å². The number of benzene rings is 1. The summed E-state index contributed by atoms with van der Waals surface area (Å²) in [4.78, 5) is 10.9. The van der Waals surface area contributed by atoms with Crippen LogP contribution in [0, 0.1) is 5.92 Å². The smallest absolute Gasteiger partial charge is 0.221 e. The highest BCUT2D eigenvalue weighted by Crippen LogP contribution is 2.10. The van der Waals surface area contributed by atoms with Gasteiger partial charge in [0.2, 0.25) is 5.91 Å². The Morgan fingerprint density at radius 2 is 1.89 bits per heavy atom. The second-order valence-corrected chi connectivity index (χ2v) is 4.79. The second kappa shape index (κ2) is 7.13. The van der Waals surface area contributed by atoms with Crippen LogP contribution in [0.5, 0.6) is 0 Å². The molecule has 0 aliphatic rings. The predicted octanol–water partition coefficient (Wildman–Crippen LogP) is 1.75. The first-order valence-electron chi connectivity index (χ1n) is 6.23. The fourth-order valence-electron chi connectivity index (χ4n) is 1.67. The van der Waals surface area contributed by atoms with Crippen molar-refractivity contribution in [2.75, 3.05) is 11.9 Å². The van der Waals surface area contributed by atoms with Crippen LogP contribution in [-0.2, 0) is 11.3 Å². The SMILES string of the molecule is CC(=O)Nc1ccc(CN[C@H](CO)C(C)C)cc1. The molecule has 4 heteroatoms. The van der Waals surface area contributed by atoms with Crippen LogP contribution >= 0.6 is 0 Å². The van der Waals surface area contributed by atoms with Gasteiger partial charge in [0, 0.05) is 25.2 Å². The Hall–Kier alpha value is -1.39. The van der Waals surface area contributed by atoms with E-state index in [2.05, 4.69) is 24.5 Å². The van der Waals surface area contributed by atoms with Gasteiger partial charge in [0.05, 0.1) is 6.61 Å². The van der Waals surface area contributed by atoms with E-state index in [0.29, 0.717) is 12.5 Å². The lowest BCUT2D eigenvalue weighted by Crippen LogP contribution is -2.36. The van der Waals surface area contributed by atoms with Crippen molar-refractivity contribution >= 4 is 11.6 Å². The summed E-state index contributed by atoms with van der Waals surface area (Å²) >= 11 is 0. The number of hydrogen-bond donors (Lipinski definition) is 3. The van der Waals surface area contributed by atoms with Crippen LogP contribution in [0.25, 0.3) is 0 Å². The van der Waals surface area contributed by atoms with E-state index in [4.69, 9.17) is 0 Å². The Morgan fingerprint density at radius 3 is 2.33 bits per heavy atom. The molecule has 0 fully saturated rings. The van der Waals surface area contributed by atoms with Crippen LogP contribution in [0.2, 0.25) is 0 Å². The topological polar surface area (TPSA) is 61.4 Å². The maximum atomic E-state index is 10.9. The molecule has 0 radical (unpaired) electrons. The van der Waals surface area contributed by atoms with E-state index in [9.17, 15) is 9.90 Å². The van der Waals surface area contributed by atoms with Crippen LogP contribution in [0.3, 0.4) is 0 Å². The van der Waals surface area contributed by atoms with Crippen LogP contribution in [-0.4, -0.2) is 23.7 Å². The molecule has 3 N–H and O–H groups in total. The van der Waals surface area contributed by atoms with Crippen molar-refractivity contribution in [2.24, 2.45) is 5.92 Å². The zero-order chi connectivity index (χ0) is 13.5. The Kier molecular flexibility index (Phi) is 5.82. The number of aliphatic hydroxyl groups is 1. The number of amides is 1. The van der Waals surface area contributed by atoms with Gasteiger partial charge in [0.25, 0.3) is 0 Å². The molecule has 0 aliphatic heterocycles.